The normalized spacial score (nSPS) is 12.4. The Morgan fingerprint density at radius 3 is 2.95 bits per heavy atom. The average molecular weight is 305 g/mol. The van der Waals surface area contributed by atoms with E-state index in [2.05, 4.69) is 14.1 Å². The molecular weight excluding hydrogens is 294 g/mol. The third kappa shape index (κ3) is 2.69. The second kappa shape index (κ2) is 5.66. The summed E-state index contributed by atoms with van der Waals surface area (Å²) in [4.78, 5) is 12.0. The van der Waals surface area contributed by atoms with E-state index in [1.807, 2.05) is 16.8 Å². The van der Waals surface area contributed by atoms with E-state index >= 15 is 0 Å². The van der Waals surface area contributed by atoms with Gasteiger partial charge in [-0.2, -0.15) is 20.1 Å². The minimum absolute atomic E-state index is 0.183. The van der Waals surface area contributed by atoms with E-state index in [0.717, 1.165) is 22.8 Å². The van der Waals surface area contributed by atoms with Gasteiger partial charge < -0.3 is 10.4 Å². The van der Waals surface area contributed by atoms with Crippen molar-refractivity contribution in [1.82, 2.24) is 14.1 Å². The van der Waals surface area contributed by atoms with Crippen LogP contribution in [0.25, 0.3) is 11.0 Å². The van der Waals surface area contributed by atoms with Crippen LogP contribution in [0.15, 0.2) is 35.0 Å². The number of aliphatic hydroxyl groups is 1. The summed E-state index contributed by atoms with van der Waals surface area (Å²) >= 11 is 2.63. The van der Waals surface area contributed by atoms with E-state index in [9.17, 15) is 9.90 Å². The molecule has 20 heavy (non-hydrogen) atoms. The predicted octanol–water partition coefficient (Wildman–Crippen LogP) is 2.22. The number of hydrogen-bond acceptors (Lipinski definition) is 6. The number of hydrogen-bond donors (Lipinski definition) is 2. The number of fused-ring (bicyclic) bond motifs is 1. The number of nitrogens with zero attached hydrogens (tertiary/aromatic N) is 2. The van der Waals surface area contributed by atoms with E-state index < -0.39 is 6.10 Å². The van der Waals surface area contributed by atoms with Gasteiger partial charge in [0.2, 0.25) is 0 Å². The third-order valence-corrected chi connectivity index (χ3v) is 4.16. The average Bonchev–Trinajstić information content (AvgIpc) is 3.13. The molecule has 0 saturated heterocycles. The van der Waals surface area contributed by atoms with Crippen LogP contribution in [0.1, 0.15) is 22.0 Å². The van der Waals surface area contributed by atoms with Gasteiger partial charge in [0, 0.05) is 12.1 Å². The molecule has 0 aliphatic heterocycles. The number of aromatic nitrogens is 2. The van der Waals surface area contributed by atoms with Gasteiger partial charge in [-0.1, -0.05) is 0 Å². The Bertz CT molecular complexity index is 724. The molecule has 0 fully saturated rings. The summed E-state index contributed by atoms with van der Waals surface area (Å²) < 4.78 is 8.19. The zero-order valence-corrected chi connectivity index (χ0v) is 11.9. The lowest BCUT2D eigenvalue weighted by Gasteiger charge is -2.10. The first-order valence-electron chi connectivity index (χ1n) is 5.95. The lowest BCUT2D eigenvalue weighted by molar-refractivity contribution is 0.0916. The predicted molar refractivity (Wildman–Crippen MR) is 79.0 cm³/mol. The van der Waals surface area contributed by atoms with Crippen molar-refractivity contribution in [3.8, 4) is 0 Å². The number of nitrogens with one attached hydrogen (secondary N) is 1. The lowest BCUT2D eigenvalue weighted by atomic mass is 10.1. The van der Waals surface area contributed by atoms with Crippen molar-refractivity contribution < 1.29 is 9.90 Å². The van der Waals surface area contributed by atoms with Crippen molar-refractivity contribution in [2.75, 3.05) is 6.54 Å². The summed E-state index contributed by atoms with van der Waals surface area (Å²) in [5, 5.41) is 16.4. The first kappa shape index (κ1) is 13.2. The van der Waals surface area contributed by atoms with Crippen LogP contribution in [0, 0.1) is 0 Å². The second-order valence-corrected chi connectivity index (χ2v) is 5.56. The standard InChI is InChI=1S/C13H11N3O2S2/c17-12(9-3-4-19-7-9)6-14-13(18)8-1-2-10-11(5-8)16-20-15-10/h1-5,7,12,17H,6H2,(H,14,18). The van der Waals surface area contributed by atoms with Crippen molar-refractivity contribution in [2.45, 2.75) is 6.10 Å². The minimum Gasteiger partial charge on any atom is -0.387 e. The maximum absolute atomic E-state index is 12.0. The Labute approximate surface area is 123 Å². The number of aliphatic hydroxyl groups excluding tert-OH is 1. The van der Waals surface area contributed by atoms with Crippen LogP contribution in [0.3, 0.4) is 0 Å². The third-order valence-electron chi connectivity index (χ3n) is 2.90. The van der Waals surface area contributed by atoms with Crippen molar-refractivity contribution in [3.63, 3.8) is 0 Å². The highest BCUT2D eigenvalue weighted by atomic mass is 32.1. The molecule has 0 aliphatic carbocycles. The molecule has 2 heterocycles. The molecule has 7 heteroatoms. The quantitative estimate of drug-likeness (QED) is 0.775. The highest BCUT2D eigenvalue weighted by Crippen LogP contribution is 2.16. The smallest absolute Gasteiger partial charge is 0.251 e. The van der Waals surface area contributed by atoms with Gasteiger partial charge in [-0.05, 0) is 40.6 Å². The molecule has 2 aromatic heterocycles. The number of carbonyl (C=O) groups excluding carboxylic acids is 1. The van der Waals surface area contributed by atoms with Crippen LogP contribution in [-0.2, 0) is 0 Å². The molecule has 102 valence electrons. The van der Waals surface area contributed by atoms with Crippen LogP contribution >= 0.6 is 23.1 Å². The van der Waals surface area contributed by atoms with Crippen molar-refractivity contribution in [2.24, 2.45) is 0 Å². The Morgan fingerprint density at radius 2 is 2.15 bits per heavy atom. The van der Waals surface area contributed by atoms with Crippen LogP contribution in [0.4, 0.5) is 0 Å². The molecule has 0 spiro atoms. The first-order valence-corrected chi connectivity index (χ1v) is 7.62. The van der Waals surface area contributed by atoms with Crippen molar-refractivity contribution in [3.05, 3.63) is 46.2 Å². The molecule has 0 aliphatic rings. The fourth-order valence-corrected chi connectivity index (χ4v) is 3.02. The number of benzene rings is 1. The highest BCUT2D eigenvalue weighted by molar-refractivity contribution is 7.08. The fraction of sp³-hybridized carbons (Fsp3) is 0.154. The van der Waals surface area contributed by atoms with Gasteiger partial charge in [-0.25, -0.2) is 0 Å². The van der Waals surface area contributed by atoms with E-state index in [1.165, 1.54) is 11.3 Å². The summed E-state index contributed by atoms with van der Waals surface area (Å²) in [6.45, 7) is 0.183. The molecule has 0 bridgehead atoms. The van der Waals surface area contributed by atoms with Gasteiger partial charge >= 0.3 is 0 Å². The monoisotopic (exact) mass is 305 g/mol. The van der Waals surface area contributed by atoms with E-state index in [-0.39, 0.29) is 12.5 Å². The lowest BCUT2D eigenvalue weighted by Crippen LogP contribution is -2.28. The van der Waals surface area contributed by atoms with Gasteiger partial charge in [0.05, 0.1) is 17.8 Å². The SMILES string of the molecule is O=C(NCC(O)c1ccsc1)c1ccc2nsnc2c1. The van der Waals surface area contributed by atoms with Gasteiger partial charge in [0.1, 0.15) is 11.0 Å². The van der Waals surface area contributed by atoms with E-state index in [0.29, 0.717) is 11.1 Å². The zero-order valence-electron chi connectivity index (χ0n) is 10.3. The highest BCUT2D eigenvalue weighted by Gasteiger charge is 2.12. The van der Waals surface area contributed by atoms with Crippen molar-refractivity contribution in [1.29, 1.82) is 0 Å². The number of thiophene rings is 1. The summed E-state index contributed by atoms with van der Waals surface area (Å²) in [7, 11) is 0. The molecule has 2 N–H and O–H groups in total. The Balaban J connectivity index is 1.66. The maximum atomic E-state index is 12.0. The zero-order chi connectivity index (χ0) is 13.9. The summed E-state index contributed by atoms with van der Waals surface area (Å²) in [5.41, 5.74) is 2.82. The number of rotatable bonds is 4. The van der Waals surface area contributed by atoms with Gasteiger partial charge in [-0.3, -0.25) is 4.79 Å². The fourth-order valence-electron chi connectivity index (χ4n) is 1.80. The Kier molecular flexibility index (Phi) is 3.72. The van der Waals surface area contributed by atoms with E-state index in [4.69, 9.17) is 0 Å². The first-order chi connectivity index (χ1) is 9.74. The van der Waals surface area contributed by atoms with E-state index in [1.54, 1.807) is 18.2 Å². The maximum Gasteiger partial charge on any atom is 0.251 e. The summed E-state index contributed by atoms with van der Waals surface area (Å²) in [6, 6.07) is 7.01. The van der Waals surface area contributed by atoms with Crippen molar-refractivity contribution >= 4 is 40.0 Å². The summed E-state index contributed by atoms with van der Waals surface area (Å²) in [6.07, 6.45) is -0.685. The second-order valence-electron chi connectivity index (χ2n) is 4.25. The number of carbonyl (C=O) groups is 1. The van der Waals surface area contributed by atoms with Gasteiger partial charge in [0.25, 0.3) is 5.91 Å². The number of amides is 1. The van der Waals surface area contributed by atoms with Gasteiger partial charge in [-0.15, -0.1) is 0 Å². The molecule has 1 atom stereocenters. The molecule has 1 unspecified atom stereocenters. The summed E-state index contributed by atoms with van der Waals surface area (Å²) in [5.74, 6) is -0.228. The largest absolute Gasteiger partial charge is 0.387 e. The molecule has 3 aromatic rings. The topological polar surface area (TPSA) is 75.1 Å². The Hall–Kier alpha value is -1.83. The van der Waals surface area contributed by atoms with Gasteiger partial charge in [0.15, 0.2) is 0 Å². The molecule has 3 rings (SSSR count). The van der Waals surface area contributed by atoms with Crippen LogP contribution in [0.5, 0.6) is 0 Å². The molecule has 5 nitrogen and oxygen atoms in total. The Morgan fingerprint density at radius 1 is 1.30 bits per heavy atom. The molecule has 1 aromatic carbocycles. The molecule has 0 saturated carbocycles. The molecular formula is C13H11N3O2S2. The van der Waals surface area contributed by atoms with Crippen LogP contribution < -0.4 is 5.32 Å². The molecule has 1 amide bonds. The van der Waals surface area contributed by atoms with Crippen LogP contribution in [-0.4, -0.2) is 26.3 Å². The van der Waals surface area contributed by atoms with Crippen LogP contribution in [0.2, 0.25) is 0 Å². The minimum atomic E-state index is -0.685. The molecule has 0 radical (unpaired) electrons.